The molecule has 0 N–H and O–H groups in total. The van der Waals surface area contributed by atoms with Crippen LogP contribution in [-0.4, -0.2) is 16.9 Å². The molecule has 0 saturated carbocycles. The minimum Gasteiger partial charge on any atom is -0.427 e. The van der Waals surface area contributed by atoms with Gasteiger partial charge in [-0.05, 0) is 11.5 Å². The number of rotatable bonds is 4. The van der Waals surface area contributed by atoms with Gasteiger partial charge in [-0.2, -0.15) is 0 Å². The second kappa shape index (κ2) is 4.07. The topological polar surface area (TPSA) is 9.23 Å². The highest BCUT2D eigenvalue weighted by atomic mass is 28.2. The second-order valence-electron chi connectivity index (χ2n) is 3.35. The first-order chi connectivity index (χ1) is 4.12. The fourth-order valence-electron chi connectivity index (χ4n) is 1.14. The van der Waals surface area contributed by atoms with Crippen molar-refractivity contribution in [3.8, 4) is 0 Å². The van der Waals surface area contributed by atoms with Crippen LogP contribution < -0.4 is 0 Å². The third kappa shape index (κ3) is 4.67. The Kier molecular flexibility index (Phi) is 4.15. The Morgan fingerprint density at radius 3 is 2.33 bits per heavy atom. The van der Waals surface area contributed by atoms with Crippen LogP contribution in [-0.2, 0) is 4.43 Å². The molecule has 9 heavy (non-hydrogen) atoms. The third-order valence-electron chi connectivity index (χ3n) is 1.46. The Labute approximate surface area is 60.7 Å². The lowest BCUT2D eigenvalue weighted by atomic mass is 10.1. The standard InChI is InChI=1S/C7H18OSi/c1-5-6-7(2,3)9-8-4/h5-6,9H2,1-4H3. The summed E-state index contributed by atoms with van der Waals surface area (Å²) in [6.45, 7) is 6.82. The molecule has 0 unspecified atom stereocenters. The summed E-state index contributed by atoms with van der Waals surface area (Å²) in [6.07, 6.45) is 2.59. The predicted molar refractivity (Wildman–Crippen MR) is 44.5 cm³/mol. The lowest BCUT2D eigenvalue weighted by Gasteiger charge is -2.21. The summed E-state index contributed by atoms with van der Waals surface area (Å²) in [7, 11) is 1.56. The van der Waals surface area contributed by atoms with E-state index in [1.54, 1.807) is 0 Å². The van der Waals surface area contributed by atoms with E-state index in [1.807, 2.05) is 7.11 Å². The Hall–Kier alpha value is 0.177. The van der Waals surface area contributed by atoms with Gasteiger partial charge in [0.2, 0.25) is 0 Å². The molecule has 1 nitrogen and oxygen atoms in total. The van der Waals surface area contributed by atoms with Gasteiger partial charge in [0.05, 0.1) is 0 Å². The molecule has 0 atom stereocenters. The molecule has 0 rings (SSSR count). The largest absolute Gasteiger partial charge is 0.427 e. The molecule has 0 aromatic carbocycles. The molecular weight excluding hydrogens is 128 g/mol. The van der Waals surface area contributed by atoms with Crippen molar-refractivity contribution < 1.29 is 4.43 Å². The minimum atomic E-state index is -0.261. The molecule has 0 fully saturated rings. The van der Waals surface area contributed by atoms with Crippen molar-refractivity contribution in [2.24, 2.45) is 0 Å². The van der Waals surface area contributed by atoms with E-state index in [0.717, 1.165) is 0 Å². The molecule has 0 amide bonds. The average molecular weight is 146 g/mol. The van der Waals surface area contributed by atoms with Crippen molar-refractivity contribution in [2.75, 3.05) is 7.11 Å². The van der Waals surface area contributed by atoms with Crippen LogP contribution in [0.25, 0.3) is 0 Å². The first-order valence-corrected chi connectivity index (χ1v) is 4.90. The van der Waals surface area contributed by atoms with E-state index in [-0.39, 0.29) is 9.76 Å². The molecule has 56 valence electrons. The fraction of sp³-hybridized carbons (Fsp3) is 1.00. The van der Waals surface area contributed by atoms with Crippen LogP contribution in [0.2, 0.25) is 5.04 Å². The Morgan fingerprint density at radius 1 is 1.44 bits per heavy atom. The van der Waals surface area contributed by atoms with Crippen LogP contribution in [0.1, 0.15) is 33.6 Å². The van der Waals surface area contributed by atoms with Gasteiger partial charge >= 0.3 is 0 Å². The molecule has 0 spiro atoms. The van der Waals surface area contributed by atoms with Crippen LogP contribution in [0.3, 0.4) is 0 Å². The van der Waals surface area contributed by atoms with Crippen LogP contribution in [0.5, 0.6) is 0 Å². The molecule has 0 aliphatic heterocycles. The maximum atomic E-state index is 5.20. The molecule has 0 aromatic heterocycles. The summed E-state index contributed by atoms with van der Waals surface area (Å²) in [5, 5.41) is 0.517. The zero-order chi connectivity index (χ0) is 7.33. The quantitative estimate of drug-likeness (QED) is 0.549. The molecular formula is C7H18OSi. The van der Waals surface area contributed by atoms with Crippen LogP contribution in [0, 0.1) is 0 Å². The van der Waals surface area contributed by atoms with E-state index in [1.165, 1.54) is 12.8 Å². The van der Waals surface area contributed by atoms with Gasteiger partial charge in [0.1, 0.15) is 0 Å². The summed E-state index contributed by atoms with van der Waals surface area (Å²) in [5.74, 6) is 0. The Balaban J connectivity index is 3.43. The minimum absolute atomic E-state index is 0.261. The van der Waals surface area contributed by atoms with Gasteiger partial charge < -0.3 is 4.43 Å². The SMILES string of the molecule is CCCC(C)(C)[SiH2]OC. The first-order valence-electron chi connectivity index (χ1n) is 3.61. The smallest absolute Gasteiger partial charge is 0.166 e. The molecule has 0 heterocycles. The van der Waals surface area contributed by atoms with E-state index in [9.17, 15) is 0 Å². The first kappa shape index (κ1) is 9.18. The highest BCUT2D eigenvalue weighted by Gasteiger charge is 2.16. The van der Waals surface area contributed by atoms with Crippen molar-refractivity contribution in [1.29, 1.82) is 0 Å². The van der Waals surface area contributed by atoms with E-state index >= 15 is 0 Å². The van der Waals surface area contributed by atoms with Crippen LogP contribution >= 0.6 is 0 Å². The Bertz CT molecular complexity index is 63.3. The summed E-state index contributed by atoms with van der Waals surface area (Å²) in [4.78, 5) is 0. The van der Waals surface area contributed by atoms with E-state index in [2.05, 4.69) is 20.8 Å². The number of hydrogen-bond acceptors (Lipinski definition) is 1. The lowest BCUT2D eigenvalue weighted by molar-refractivity contribution is 0.401. The Morgan fingerprint density at radius 2 is 2.00 bits per heavy atom. The molecule has 0 radical (unpaired) electrons. The van der Waals surface area contributed by atoms with Gasteiger partial charge in [-0.1, -0.05) is 27.2 Å². The molecule has 0 saturated heterocycles. The van der Waals surface area contributed by atoms with Crippen LogP contribution in [0.15, 0.2) is 0 Å². The molecule has 0 aliphatic rings. The highest BCUT2D eigenvalue weighted by molar-refractivity contribution is 6.31. The molecule has 0 aromatic rings. The van der Waals surface area contributed by atoms with Crippen molar-refractivity contribution in [3.05, 3.63) is 0 Å². The van der Waals surface area contributed by atoms with E-state index < -0.39 is 0 Å². The number of hydrogen-bond donors (Lipinski definition) is 0. The van der Waals surface area contributed by atoms with Crippen molar-refractivity contribution >= 4 is 9.76 Å². The van der Waals surface area contributed by atoms with Gasteiger partial charge in [-0.3, -0.25) is 0 Å². The van der Waals surface area contributed by atoms with E-state index in [4.69, 9.17) is 4.43 Å². The third-order valence-corrected chi connectivity index (χ3v) is 2.89. The van der Waals surface area contributed by atoms with Gasteiger partial charge in [0, 0.05) is 7.11 Å². The van der Waals surface area contributed by atoms with Crippen LogP contribution in [0.4, 0.5) is 0 Å². The highest BCUT2D eigenvalue weighted by Crippen LogP contribution is 2.28. The maximum absolute atomic E-state index is 5.20. The van der Waals surface area contributed by atoms with Gasteiger partial charge in [-0.25, -0.2) is 0 Å². The fourth-order valence-corrected chi connectivity index (χ4v) is 2.42. The van der Waals surface area contributed by atoms with Gasteiger partial charge in [-0.15, -0.1) is 0 Å². The molecule has 0 aliphatic carbocycles. The van der Waals surface area contributed by atoms with E-state index in [0.29, 0.717) is 5.04 Å². The molecule has 0 bridgehead atoms. The monoisotopic (exact) mass is 146 g/mol. The average Bonchev–Trinajstić information content (AvgIpc) is 1.64. The second-order valence-corrected chi connectivity index (χ2v) is 6.13. The summed E-state index contributed by atoms with van der Waals surface area (Å²) in [5.41, 5.74) is 0. The normalized spacial score (nSPS) is 13.3. The summed E-state index contributed by atoms with van der Waals surface area (Å²) in [6, 6.07) is 0. The van der Waals surface area contributed by atoms with Crippen molar-refractivity contribution in [3.63, 3.8) is 0 Å². The van der Waals surface area contributed by atoms with Gasteiger partial charge in [0.25, 0.3) is 0 Å². The van der Waals surface area contributed by atoms with Crippen molar-refractivity contribution in [1.82, 2.24) is 0 Å². The summed E-state index contributed by atoms with van der Waals surface area (Å²) >= 11 is 0. The summed E-state index contributed by atoms with van der Waals surface area (Å²) < 4.78 is 5.20. The molecule has 2 heteroatoms. The zero-order valence-corrected chi connectivity index (χ0v) is 8.44. The van der Waals surface area contributed by atoms with Gasteiger partial charge in [0.15, 0.2) is 9.76 Å². The zero-order valence-electron chi connectivity index (χ0n) is 7.03. The maximum Gasteiger partial charge on any atom is 0.166 e. The lowest BCUT2D eigenvalue weighted by Crippen LogP contribution is -2.14. The predicted octanol–water partition coefficient (Wildman–Crippen LogP) is 1.72. The van der Waals surface area contributed by atoms with Crippen molar-refractivity contribution in [2.45, 2.75) is 38.7 Å².